The fraction of sp³-hybridized carbons (Fsp3) is 0.250. The summed E-state index contributed by atoms with van der Waals surface area (Å²) < 4.78 is 52.1. The first-order chi connectivity index (χ1) is 17.6. The maximum Gasteiger partial charge on any atom is 0.423 e. The minimum atomic E-state index is -4.74. The van der Waals surface area contributed by atoms with E-state index in [4.69, 9.17) is 11.0 Å². The second-order valence-electron chi connectivity index (χ2n) is 7.87. The Kier molecular flexibility index (Phi) is 8.33. The van der Waals surface area contributed by atoms with E-state index in [1.165, 1.54) is 18.5 Å². The molecule has 0 unspecified atom stereocenters. The number of aromatic amines is 1. The van der Waals surface area contributed by atoms with E-state index in [0.717, 1.165) is 25.5 Å². The highest BCUT2D eigenvalue weighted by atomic mass is 19.4. The number of unbranched alkanes of at least 4 members (excludes halogenated alkanes) is 2. The number of rotatable bonds is 5. The molecule has 4 rings (SSSR count). The fourth-order valence-corrected chi connectivity index (χ4v) is 3.44. The Bertz CT molecular complexity index is 1560. The molecule has 0 saturated carbocycles. The second-order valence-corrected chi connectivity index (χ2v) is 7.87. The van der Waals surface area contributed by atoms with Crippen LogP contribution in [0.25, 0.3) is 22.0 Å². The van der Waals surface area contributed by atoms with Crippen molar-refractivity contribution in [1.29, 1.82) is 5.26 Å². The molecule has 0 fully saturated rings. The molecule has 4 aromatic rings. The number of benzene rings is 1. The van der Waals surface area contributed by atoms with Gasteiger partial charge in [0.05, 0.1) is 35.4 Å². The molecule has 3 N–H and O–H groups in total. The number of halogens is 4. The molecule has 13 heteroatoms. The summed E-state index contributed by atoms with van der Waals surface area (Å²) in [5.41, 5.74) is 2.05. The predicted molar refractivity (Wildman–Crippen MR) is 128 cm³/mol. The summed E-state index contributed by atoms with van der Waals surface area (Å²) >= 11 is 0. The number of nitriles is 1. The van der Waals surface area contributed by atoms with Gasteiger partial charge in [-0.25, -0.2) is 14.5 Å². The van der Waals surface area contributed by atoms with E-state index in [-0.39, 0.29) is 16.8 Å². The molecule has 0 amide bonds. The number of nitrogens with zero attached hydrogens (tertiary/aromatic N) is 5. The van der Waals surface area contributed by atoms with Crippen LogP contribution in [-0.4, -0.2) is 24.7 Å². The Hall–Kier alpha value is -4.60. The third kappa shape index (κ3) is 6.35. The Labute approximate surface area is 207 Å². The van der Waals surface area contributed by atoms with E-state index in [2.05, 4.69) is 22.0 Å². The number of nitrogen functional groups attached to an aromatic ring is 1. The summed E-state index contributed by atoms with van der Waals surface area (Å²) in [6.45, 7) is 2.74. The molecule has 0 aliphatic carbocycles. The standard InChI is InChI=1S/C19H17FN4O.C5H4F3N3O/c1-2-3-4-6-24-7-5-13-8-16(17(20)9-15(13)19(24)25)18-12-22-14(10-21)11-23-18;6-5(7,8)3-2(9)1-10-11-4(3)12/h5,7-9,11-12H,2-4,6H2,1H3;1H,(H3,9,11,12). The molecular formula is C24H21F4N7O2. The summed E-state index contributed by atoms with van der Waals surface area (Å²) in [5.74, 6) is -0.532. The van der Waals surface area contributed by atoms with Gasteiger partial charge in [-0.3, -0.25) is 14.6 Å². The van der Waals surface area contributed by atoms with Gasteiger partial charge in [-0.2, -0.15) is 23.5 Å². The summed E-state index contributed by atoms with van der Waals surface area (Å²) in [6, 6.07) is 6.53. The predicted octanol–water partition coefficient (Wildman–Crippen LogP) is 4.03. The zero-order chi connectivity index (χ0) is 27.2. The highest BCUT2D eigenvalue weighted by molar-refractivity contribution is 5.86. The highest BCUT2D eigenvalue weighted by Crippen LogP contribution is 2.29. The lowest BCUT2D eigenvalue weighted by molar-refractivity contribution is -0.138. The van der Waals surface area contributed by atoms with Gasteiger partial charge in [-0.05, 0) is 30.0 Å². The first kappa shape index (κ1) is 27.0. The first-order valence-corrected chi connectivity index (χ1v) is 11.0. The molecule has 0 radical (unpaired) electrons. The number of anilines is 1. The number of hydrogen-bond acceptors (Lipinski definition) is 7. The first-order valence-electron chi connectivity index (χ1n) is 11.0. The quantitative estimate of drug-likeness (QED) is 0.302. The van der Waals surface area contributed by atoms with Crippen LogP contribution in [0.4, 0.5) is 23.2 Å². The average molecular weight is 515 g/mol. The van der Waals surface area contributed by atoms with E-state index in [1.807, 2.05) is 12.1 Å². The van der Waals surface area contributed by atoms with Crippen LogP contribution in [0.3, 0.4) is 0 Å². The molecular weight excluding hydrogens is 494 g/mol. The lowest BCUT2D eigenvalue weighted by Crippen LogP contribution is -2.24. The van der Waals surface area contributed by atoms with Gasteiger partial charge in [0.1, 0.15) is 17.4 Å². The minimum Gasteiger partial charge on any atom is -0.397 e. The molecule has 0 aliphatic heterocycles. The van der Waals surface area contributed by atoms with Gasteiger partial charge in [-0.1, -0.05) is 19.8 Å². The molecule has 0 saturated heterocycles. The van der Waals surface area contributed by atoms with Crippen molar-refractivity contribution in [3.8, 4) is 17.3 Å². The molecule has 1 aromatic carbocycles. The molecule has 37 heavy (non-hydrogen) atoms. The normalized spacial score (nSPS) is 11.0. The van der Waals surface area contributed by atoms with Crippen LogP contribution in [0.2, 0.25) is 0 Å². The minimum absolute atomic E-state index is 0.167. The number of H-pyrrole nitrogens is 1. The van der Waals surface area contributed by atoms with Gasteiger partial charge >= 0.3 is 6.18 Å². The van der Waals surface area contributed by atoms with Crippen molar-refractivity contribution in [2.75, 3.05) is 5.73 Å². The van der Waals surface area contributed by atoms with Gasteiger partial charge in [0.15, 0.2) is 5.69 Å². The van der Waals surface area contributed by atoms with E-state index in [9.17, 15) is 27.2 Å². The summed E-state index contributed by atoms with van der Waals surface area (Å²) in [6.07, 6.45) is 3.45. The largest absolute Gasteiger partial charge is 0.423 e. The monoisotopic (exact) mass is 515 g/mol. The van der Waals surface area contributed by atoms with Crippen LogP contribution in [-0.2, 0) is 12.7 Å². The van der Waals surface area contributed by atoms with Crippen LogP contribution in [0.5, 0.6) is 0 Å². The van der Waals surface area contributed by atoms with Crippen LogP contribution in [0.15, 0.2) is 52.6 Å². The number of hydrogen-bond donors (Lipinski definition) is 2. The van der Waals surface area contributed by atoms with Gasteiger partial charge < -0.3 is 10.3 Å². The third-order valence-electron chi connectivity index (χ3n) is 5.28. The number of fused-ring (bicyclic) bond motifs is 1. The fourth-order valence-electron chi connectivity index (χ4n) is 3.44. The van der Waals surface area contributed by atoms with Crippen molar-refractivity contribution in [3.63, 3.8) is 0 Å². The summed E-state index contributed by atoms with van der Waals surface area (Å²) in [5, 5.41) is 14.5. The molecule has 0 spiro atoms. The van der Waals surface area contributed by atoms with Crippen molar-refractivity contribution in [3.05, 3.63) is 80.8 Å². The lowest BCUT2D eigenvalue weighted by Gasteiger charge is -2.09. The topological polar surface area (TPSA) is 143 Å². The van der Waals surface area contributed by atoms with Crippen molar-refractivity contribution < 1.29 is 17.6 Å². The number of aryl methyl sites for hydroxylation is 1. The number of aromatic nitrogens is 5. The van der Waals surface area contributed by atoms with Crippen LogP contribution in [0, 0.1) is 17.1 Å². The smallest absolute Gasteiger partial charge is 0.397 e. The highest BCUT2D eigenvalue weighted by Gasteiger charge is 2.36. The Balaban J connectivity index is 0.000000266. The number of pyridine rings is 1. The Morgan fingerprint density at radius 3 is 2.46 bits per heavy atom. The van der Waals surface area contributed by atoms with Crippen LogP contribution in [0.1, 0.15) is 37.4 Å². The average Bonchev–Trinajstić information content (AvgIpc) is 2.85. The lowest BCUT2D eigenvalue weighted by atomic mass is 10.1. The second kappa shape index (κ2) is 11.4. The molecule has 0 bridgehead atoms. The van der Waals surface area contributed by atoms with E-state index in [0.29, 0.717) is 23.0 Å². The maximum absolute atomic E-state index is 14.5. The van der Waals surface area contributed by atoms with E-state index in [1.54, 1.807) is 21.9 Å². The Morgan fingerprint density at radius 2 is 1.89 bits per heavy atom. The van der Waals surface area contributed by atoms with Crippen molar-refractivity contribution in [1.82, 2.24) is 24.7 Å². The molecule has 0 atom stereocenters. The molecule has 9 nitrogen and oxygen atoms in total. The molecule has 3 aromatic heterocycles. The maximum atomic E-state index is 14.5. The Morgan fingerprint density at radius 1 is 1.14 bits per heavy atom. The zero-order valence-corrected chi connectivity index (χ0v) is 19.5. The van der Waals surface area contributed by atoms with Gasteiger partial charge in [0, 0.05) is 18.3 Å². The van der Waals surface area contributed by atoms with Crippen LogP contribution < -0.4 is 16.9 Å². The summed E-state index contributed by atoms with van der Waals surface area (Å²) in [4.78, 5) is 31.1. The summed E-state index contributed by atoms with van der Waals surface area (Å²) in [7, 11) is 0. The van der Waals surface area contributed by atoms with Gasteiger partial charge in [0.2, 0.25) is 0 Å². The number of alkyl halides is 3. The molecule has 3 heterocycles. The van der Waals surface area contributed by atoms with Crippen molar-refractivity contribution in [2.24, 2.45) is 0 Å². The SMILES string of the molecule is CCCCCn1ccc2cc(-c3cnc(C#N)cn3)c(F)cc2c1=O.Nc1cn[nH]c(=O)c1C(F)(F)F. The van der Waals surface area contributed by atoms with E-state index < -0.39 is 28.8 Å². The number of nitrogens with one attached hydrogen (secondary N) is 1. The van der Waals surface area contributed by atoms with Crippen molar-refractivity contribution in [2.45, 2.75) is 38.9 Å². The zero-order valence-electron chi connectivity index (χ0n) is 19.5. The number of nitrogens with two attached hydrogens (primary N) is 1. The van der Waals surface area contributed by atoms with Gasteiger partial charge in [0.25, 0.3) is 11.1 Å². The van der Waals surface area contributed by atoms with E-state index >= 15 is 0 Å². The van der Waals surface area contributed by atoms with Gasteiger partial charge in [-0.15, -0.1) is 0 Å². The molecule has 0 aliphatic rings. The third-order valence-corrected chi connectivity index (χ3v) is 5.28. The molecule has 192 valence electrons. The van der Waals surface area contributed by atoms with Crippen LogP contribution >= 0.6 is 0 Å². The van der Waals surface area contributed by atoms with Crippen molar-refractivity contribution >= 4 is 16.5 Å².